The first-order chi connectivity index (χ1) is 9.22. The number of nitrogens with zero attached hydrogens (tertiary/aromatic N) is 2. The van der Waals surface area contributed by atoms with Crippen LogP contribution in [0.25, 0.3) is 0 Å². The topological polar surface area (TPSA) is 37.8 Å². The van der Waals surface area contributed by atoms with Crippen molar-refractivity contribution >= 4 is 34.7 Å². The van der Waals surface area contributed by atoms with E-state index in [0.29, 0.717) is 10.0 Å². The molecule has 102 valence electrons. The van der Waals surface area contributed by atoms with Crippen LogP contribution in [0.2, 0.25) is 10.0 Å². The van der Waals surface area contributed by atoms with Gasteiger partial charge in [0.15, 0.2) is 0 Å². The lowest BCUT2D eigenvalue weighted by Crippen LogP contribution is -2.24. The minimum atomic E-state index is 0.120. The lowest BCUT2D eigenvalue weighted by molar-refractivity contribution is 0.517. The van der Waals surface area contributed by atoms with Crippen LogP contribution in [-0.4, -0.2) is 16.1 Å². The van der Waals surface area contributed by atoms with Crippen LogP contribution < -0.4 is 5.32 Å². The van der Waals surface area contributed by atoms with Crippen molar-refractivity contribution in [3.05, 3.63) is 44.9 Å². The first-order valence-corrected chi connectivity index (χ1v) is 7.74. The van der Waals surface area contributed by atoms with Crippen LogP contribution >= 0.6 is 34.7 Å². The second kappa shape index (κ2) is 7.20. The van der Waals surface area contributed by atoms with Gasteiger partial charge in [-0.15, -0.1) is 5.10 Å². The summed E-state index contributed by atoms with van der Waals surface area (Å²) in [6.07, 6.45) is 1.82. The molecule has 3 nitrogen and oxygen atoms in total. The summed E-state index contributed by atoms with van der Waals surface area (Å²) < 4.78 is 3.93. The molecule has 0 aliphatic heterocycles. The fraction of sp³-hybridized carbons (Fsp3) is 0.385. The molecule has 0 amide bonds. The predicted molar refractivity (Wildman–Crippen MR) is 81.1 cm³/mol. The summed E-state index contributed by atoms with van der Waals surface area (Å²) in [6, 6.07) is 5.83. The summed E-state index contributed by atoms with van der Waals surface area (Å²) in [4.78, 5) is 0. The molecule has 1 N–H and O–H groups in total. The molecular formula is C13H15Cl2N3S. The number of aromatic nitrogens is 2. The Labute approximate surface area is 127 Å². The first kappa shape index (κ1) is 14.7. The third-order valence-electron chi connectivity index (χ3n) is 2.83. The van der Waals surface area contributed by atoms with Crippen molar-refractivity contribution in [3.8, 4) is 0 Å². The van der Waals surface area contributed by atoms with E-state index in [0.717, 1.165) is 30.6 Å². The largest absolute Gasteiger partial charge is 0.308 e. The highest BCUT2D eigenvalue weighted by atomic mass is 35.5. The molecule has 1 atom stereocenters. The second-order valence-electron chi connectivity index (χ2n) is 4.25. The number of hydrogen-bond acceptors (Lipinski definition) is 4. The van der Waals surface area contributed by atoms with Gasteiger partial charge < -0.3 is 5.32 Å². The Hall–Kier alpha value is -0.680. The quantitative estimate of drug-likeness (QED) is 0.871. The van der Waals surface area contributed by atoms with Gasteiger partial charge in [-0.3, -0.25) is 0 Å². The van der Waals surface area contributed by atoms with Crippen molar-refractivity contribution < 1.29 is 0 Å². The van der Waals surface area contributed by atoms with Gasteiger partial charge in [0.25, 0.3) is 0 Å². The minimum Gasteiger partial charge on any atom is -0.308 e. The Morgan fingerprint density at radius 1 is 1.37 bits per heavy atom. The van der Waals surface area contributed by atoms with Crippen molar-refractivity contribution in [2.45, 2.75) is 25.8 Å². The lowest BCUT2D eigenvalue weighted by atomic mass is 10.0. The summed E-state index contributed by atoms with van der Waals surface area (Å²) in [5, 5.41) is 10.8. The number of halogens is 2. The van der Waals surface area contributed by atoms with E-state index in [2.05, 4.69) is 21.8 Å². The molecule has 2 aromatic rings. The second-order valence-corrected chi connectivity index (χ2v) is 5.65. The first-order valence-electron chi connectivity index (χ1n) is 6.15. The highest BCUT2D eigenvalue weighted by molar-refractivity contribution is 7.03. The molecule has 0 spiro atoms. The van der Waals surface area contributed by atoms with Gasteiger partial charge in [-0.05, 0) is 42.5 Å². The molecule has 1 unspecified atom stereocenters. The van der Waals surface area contributed by atoms with Gasteiger partial charge in [0.1, 0.15) is 0 Å². The van der Waals surface area contributed by atoms with Crippen molar-refractivity contribution in [3.63, 3.8) is 0 Å². The smallest absolute Gasteiger partial charge is 0.0928 e. The average Bonchev–Trinajstić information content (AvgIpc) is 2.93. The van der Waals surface area contributed by atoms with Crippen LogP contribution in [-0.2, 0) is 6.42 Å². The fourth-order valence-electron chi connectivity index (χ4n) is 1.85. The molecule has 0 aliphatic carbocycles. The number of hydrogen-bond donors (Lipinski definition) is 1. The normalized spacial score (nSPS) is 12.6. The van der Waals surface area contributed by atoms with Crippen LogP contribution in [0.3, 0.4) is 0 Å². The molecule has 0 aliphatic rings. The van der Waals surface area contributed by atoms with Gasteiger partial charge in [0.2, 0.25) is 0 Å². The van der Waals surface area contributed by atoms with E-state index in [4.69, 9.17) is 23.2 Å². The summed E-state index contributed by atoms with van der Waals surface area (Å²) in [7, 11) is 0. The Balaban J connectivity index is 2.18. The lowest BCUT2D eigenvalue weighted by Gasteiger charge is -2.17. The molecule has 0 saturated heterocycles. The predicted octanol–water partition coefficient (Wildman–Crippen LogP) is 4.13. The standard InChI is InChI=1S/C13H15Cl2N3S/c1-2-6-16-11(12-8-19-18-17-12)7-9-4-3-5-10(14)13(9)15/h3-5,8,11,16H,2,6-7H2,1H3. The molecular weight excluding hydrogens is 301 g/mol. The van der Waals surface area contributed by atoms with Gasteiger partial charge >= 0.3 is 0 Å². The zero-order valence-electron chi connectivity index (χ0n) is 10.6. The maximum Gasteiger partial charge on any atom is 0.0928 e. The molecule has 1 heterocycles. The molecule has 0 radical (unpaired) electrons. The van der Waals surface area contributed by atoms with E-state index in [1.807, 2.05) is 17.5 Å². The Morgan fingerprint density at radius 2 is 2.21 bits per heavy atom. The van der Waals surface area contributed by atoms with Crippen molar-refractivity contribution in [2.75, 3.05) is 6.54 Å². The maximum atomic E-state index is 6.24. The van der Waals surface area contributed by atoms with E-state index >= 15 is 0 Å². The van der Waals surface area contributed by atoms with Gasteiger partial charge in [-0.2, -0.15) is 0 Å². The Bertz CT molecular complexity index is 517. The SMILES string of the molecule is CCCNC(Cc1cccc(Cl)c1Cl)c1csnn1. The highest BCUT2D eigenvalue weighted by Gasteiger charge is 2.16. The third kappa shape index (κ3) is 3.89. The van der Waals surface area contributed by atoms with E-state index in [-0.39, 0.29) is 6.04 Å². The van der Waals surface area contributed by atoms with Gasteiger partial charge in [0, 0.05) is 5.38 Å². The number of benzene rings is 1. The van der Waals surface area contributed by atoms with E-state index in [1.165, 1.54) is 11.5 Å². The zero-order valence-corrected chi connectivity index (χ0v) is 12.9. The summed E-state index contributed by atoms with van der Waals surface area (Å²) in [5.41, 5.74) is 1.98. The molecule has 1 aromatic carbocycles. The summed E-state index contributed by atoms with van der Waals surface area (Å²) in [5.74, 6) is 0. The minimum absolute atomic E-state index is 0.120. The van der Waals surface area contributed by atoms with Crippen molar-refractivity contribution in [2.24, 2.45) is 0 Å². The van der Waals surface area contributed by atoms with Gasteiger partial charge in [-0.25, -0.2) is 0 Å². The van der Waals surface area contributed by atoms with Gasteiger partial charge in [-0.1, -0.05) is 46.7 Å². The molecule has 1 aromatic heterocycles. The fourth-order valence-corrected chi connectivity index (χ4v) is 2.75. The zero-order chi connectivity index (χ0) is 13.7. The van der Waals surface area contributed by atoms with Crippen molar-refractivity contribution in [1.29, 1.82) is 0 Å². The van der Waals surface area contributed by atoms with E-state index < -0.39 is 0 Å². The van der Waals surface area contributed by atoms with Crippen molar-refractivity contribution in [1.82, 2.24) is 14.9 Å². The average molecular weight is 316 g/mol. The Morgan fingerprint density at radius 3 is 2.89 bits per heavy atom. The molecule has 19 heavy (non-hydrogen) atoms. The molecule has 0 saturated carbocycles. The third-order valence-corrected chi connectivity index (χ3v) is 4.21. The van der Waals surface area contributed by atoms with Crippen LogP contribution in [0.15, 0.2) is 23.6 Å². The van der Waals surface area contributed by atoms with Crippen LogP contribution in [0, 0.1) is 0 Å². The van der Waals surface area contributed by atoms with Crippen LogP contribution in [0.5, 0.6) is 0 Å². The molecule has 2 rings (SSSR count). The highest BCUT2D eigenvalue weighted by Crippen LogP contribution is 2.29. The molecule has 0 bridgehead atoms. The van der Waals surface area contributed by atoms with Crippen LogP contribution in [0.1, 0.15) is 30.6 Å². The number of nitrogens with one attached hydrogen (secondary N) is 1. The van der Waals surface area contributed by atoms with E-state index in [1.54, 1.807) is 6.07 Å². The molecule has 0 fully saturated rings. The maximum absolute atomic E-state index is 6.24. The number of rotatable bonds is 6. The monoisotopic (exact) mass is 315 g/mol. The summed E-state index contributed by atoms with van der Waals surface area (Å²) >= 11 is 13.6. The molecule has 6 heteroatoms. The van der Waals surface area contributed by atoms with Gasteiger partial charge in [0.05, 0.1) is 21.8 Å². The van der Waals surface area contributed by atoms with E-state index in [9.17, 15) is 0 Å². The summed E-state index contributed by atoms with van der Waals surface area (Å²) in [6.45, 7) is 3.07. The van der Waals surface area contributed by atoms with Crippen LogP contribution in [0.4, 0.5) is 0 Å². The Kier molecular flexibility index (Phi) is 5.58.